The predicted molar refractivity (Wildman–Crippen MR) is 57.9 cm³/mol. The average molecular weight is 223 g/mol. The Bertz CT molecular complexity index is 392. The van der Waals surface area contributed by atoms with Gasteiger partial charge < -0.3 is 9.47 Å². The van der Waals surface area contributed by atoms with Crippen molar-refractivity contribution in [2.45, 2.75) is 19.3 Å². The Morgan fingerprint density at radius 1 is 1.12 bits per heavy atom. The first kappa shape index (κ1) is 10.7. The number of benzene rings is 1. The second-order valence-electron chi connectivity index (χ2n) is 3.62. The SMILES string of the molecule is O=[N+]([O-])c1cccc2c1OCCCCCO2. The molecule has 0 aliphatic carbocycles. The molecular formula is C11H13NO4. The zero-order valence-corrected chi connectivity index (χ0v) is 8.85. The van der Waals surface area contributed by atoms with Crippen LogP contribution in [0.1, 0.15) is 19.3 Å². The predicted octanol–water partition coefficient (Wildman–Crippen LogP) is 2.54. The molecule has 1 aromatic rings. The highest BCUT2D eigenvalue weighted by atomic mass is 16.6. The summed E-state index contributed by atoms with van der Waals surface area (Å²) in [6, 6.07) is 4.74. The van der Waals surface area contributed by atoms with Crippen molar-refractivity contribution in [1.82, 2.24) is 0 Å². The molecule has 0 aromatic heterocycles. The zero-order chi connectivity index (χ0) is 11.4. The van der Waals surface area contributed by atoms with Crippen molar-refractivity contribution < 1.29 is 14.4 Å². The summed E-state index contributed by atoms with van der Waals surface area (Å²) in [7, 11) is 0. The monoisotopic (exact) mass is 223 g/mol. The normalized spacial score (nSPS) is 15.8. The fourth-order valence-corrected chi connectivity index (χ4v) is 1.64. The summed E-state index contributed by atoms with van der Waals surface area (Å²) in [5.74, 6) is 0.727. The number of fused-ring (bicyclic) bond motifs is 1. The van der Waals surface area contributed by atoms with Crippen molar-refractivity contribution in [3.05, 3.63) is 28.3 Å². The molecule has 0 radical (unpaired) electrons. The Morgan fingerprint density at radius 2 is 1.88 bits per heavy atom. The largest absolute Gasteiger partial charge is 0.489 e. The van der Waals surface area contributed by atoms with Gasteiger partial charge >= 0.3 is 5.69 Å². The van der Waals surface area contributed by atoms with Crippen LogP contribution in [0.3, 0.4) is 0 Å². The van der Waals surface area contributed by atoms with Gasteiger partial charge in [0.1, 0.15) is 0 Å². The molecule has 0 bridgehead atoms. The van der Waals surface area contributed by atoms with E-state index in [1.807, 2.05) is 0 Å². The summed E-state index contributed by atoms with van der Waals surface area (Å²) in [5.41, 5.74) is -0.0283. The quantitative estimate of drug-likeness (QED) is 0.542. The van der Waals surface area contributed by atoms with E-state index in [0.29, 0.717) is 19.0 Å². The van der Waals surface area contributed by atoms with Crippen molar-refractivity contribution in [2.75, 3.05) is 13.2 Å². The van der Waals surface area contributed by atoms with Gasteiger partial charge in [0, 0.05) is 6.07 Å². The maximum absolute atomic E-state index is 10.8. The lowest BCUT2D eigenvalue weighted by Gasteiger charge is -2.09. The van der Waals surface area contributed by atoms with E-state index in [0.717, 1.165) is 19.3 Å². The molecule has 0 amide bonds. The Kier molecular flexibility index (Phi) is 3.24. The number of rotatable bonds is 1. The molecule has 86 valence electrons. The van der Waals surface area contributed by atoms with Gasteiger partial charge in [0.15, 0.2) is 5.75 Å². The number of ether oxygens (including phenoxy) is 2. The Labute approximate surface area is 93.1 Å². The van der Waals surface area contributed by atoms with Gasteiger partial charge in [-0.3, -0.25) is 10.1 Å². The second-order valence-corrected chi connectivity index (χ2v) is 3.62. The van der Waals surface area contributed by atoms with Gasteiger partial charge in [0.25, 0.3) is 0 Å². The molecule has 0 saturated heterocycles. The Hall–Kier alpha value is -1.78. The summed E-state index contributed by atoms with van der Waals surface area (Å²) >= 11 is 0. The first-order chi connectivity index (χ1) is 7.79. The lowest BCUT2D eigenvalue weighted by atomic mass is 10.2. The summed E-state index contributed by atoms with van der Waals surface area (Å²) in [6.45, 7) is 1.08. The molecule has 0 atom stereocenters. The van der Waals surface area contributed by atoms with Crippen LogP contribution < -0.4 is 9.47 Å². The summed E-state index contributed by atoms with van der Waals surface area (Å²) in [4.78, 5) is 10.4. The maximum atomic E-state index is 10.8. The minimum atomic E-state index is -0.444. The number of nitro groups is 1. The highest BCUT2D eigenvalue weighted by Gasteiger charge is 2.20. The first-order valence-electron chi connectivity index (χ1n) is 5.32. The highest BCUT2D eigenvalue weighted by Crippen LogP contribution is 2.37. The fraction of sp³-hybridized carbons (Fsp3) is 0.455. The lowest BCUT2D eigenvalue weighted by molar-refractivity contribution is -0.386. The number of hydrogen-bond acceptors (Lipinski definition) is 4. The minimum Gasteiger partial charge on any atom is -0.489 e. The summed E-state index contributed by atoms with van der Waals surface area (Å²) in [6.07, 6.45) is 2.86. The molecule has 0 fully saturated rings. The molecule has 2 rings (SSSR count). The van der Waals surface area contributed by atoms with Crippen LogP contribution in [0.5, 0.6) is 11.5 Å². The van der Waals surface area contributed by atoms with Gasteiger partial charge in [-0.1, -0.05) is 6.07 Å². The van der Waals surface area contributed by atoms with E-state index in [1.165, 1.54) is 6.07 Å². The zero-order valence-electron chi connectivity index (χ0n) is 8.85. The van der Waals surface area contributed by atoms with Gasteiger partial charge in [-0.05, 0) is 25.3 Å². The molecule has 1 aromatic carbocycles. The smallest absolute Gasteiger partial charge is 0.314 e. The van der Waals surface area contributed by atoms with Crippen molar-refractivity contribution >= 4 is 5.69 Å². The van der Waals surface area contributed by atoms with Crippen LogP contribution in [-0.2, 0) is 0 Å². The number of hydrogen-bond donors (Lipinski definition) is 0. The van der Waals surface area contributed by atoms with E-state index in [4.69, 9.17) is 9.47 Å². The van der Waals surface area contributed by atoms with E-state index in [2.05, 4.69) is 0 Å². The van der Waals surface area contributed by atoms with Gasteiger partial charge in [0.05, 0.1) is 18.1 Å². The summed E-state index contributed by atoms with van der Waals surface area (Å²) < 4.78 is 10.9. The van der Waals surface area contributed by atoms with Crippen molar-refractivity contribution in [2.24, 2.45) is 0 Å². The average Bonchev–Trinajstić information content (AvgIpc) is 2.39. The molecular weight excluding hydrogens is 210 g/mol. The fourth-order valence-electron chi connectivity index (χ4n) is 1.64. The van der Waals surface area contributed by atoms with Gasteiger partial charge in [-0.15, -0.1) is 0 Å². The molecule has 1 aliphatic heterocycles. The Balaban J connectivity index is 2.36. The third kappa shape index (κ3) is 2.24. The first-order valence-corrected chi connectivity index (χ1v) is 5.32. The highest BCUT2D eigenvalue weighted by molar-refractivity contribution is 5.55. The van der Waals surface area contributed by atoms with Crippen LogP contribution >= 0.6 is 0 Å². The molecule has 16 heavy (non-hydrogen) atoms. The van der Waals surface area contributed by atoms with Gasteiger partial charge in [0.2, 0.25) is 5.75 Å². The molecule has 5 heteroatoms. The molecule has 0 N–H and O–H groups in total. The van der Waals surface area contributed by atoms with Crippen LogP contribution in [0.25, 0.3) is 0 Å². The van der Waals surface area contributed by atoms with Crippen molar-refractivity contribution in [3.63, 3.8) is 0 Å². The van der Waals surface area contributed by atoms with Crippen LogP contribution in [0.2, 0.25) is 0 Å². The molecule has 0 saturated carbocycles. The van der Waals surface area contributed by atoms with Crippen LogP contribution in [0, 0.1) is 10.1 Å². The van der Waals surface area contributed by atoms with E-state index in [-0.39, 0.29) is 11.4 Å². The third-order valence-corrected chi connectivity index (χ3v) is 2.45. The van der Waals surface area contributed by atoms with Crippen molar-refractivity contribution in [1.29, 1.82) is 0 Å². The van der Waals surface area contributed by atoms with Gasteiger partial charge in [-0.2, -0.15) is 0 Å². The Morgan fingerprint density at radius 3 is 2.62 bits per heavy atom. The van der Waals surface area contributed by atoms with E-state index >= 15 is 0 Å². The molecule has 5 nitrogen and oxygen atoms in total. The van der Waals surface area contributed by atoms with Crippen LogP contribution in [-0.4, -0.2) is 18.1 Å². The third-order valence-electron chi connectivity index (χ3n) is 2.45. The van der Waals surface area contributed by atoms with Crippen LogP contribution in [0.4, 0.5) is 5.69 Å². The lowest BCUT2D eigenvalue weighted by Crippen LogP contribution is -2.01. The minimum absolute atomic E-state index is 0.0283. The molecule has 0 unspecified atom stereocenters. The molecule has 0 spiro atoms. The van der Waals surface area contributed by atoms with Crippen LogP contribution in [0.15, 0.2) is 18.2 Å². The number of nitro benzene ring substituents is 1. The standard InChI is InChI=1S/C11H13NO4/c13-12(14)9-5-4-6-10-11(9)16-8-3-1-2-7-15-10/h4-6H,1-3,7-8H2. The molecule has 1 heterocycles. The van der Waals surface area contributed by atoms with Gasteiger partial charge in [-0.25, -0.2) is 0 Å². The van der Waals surface area contributed by atoms with E-state index < -0.39 is 4.92 Å². The number of nitrogens with zero attached hydrogens (tertiary/aromatic N) is 1. The van der Waals surface area contributed by atoms with Crippen molar-refractivity contribution in [3.8, 4) is 11.5 Å². The number of para-hydroxylation sites is 1. The summed E-state index contributed by atoms with van der Waals surface area (Å²) in [5, 5.41) is 10.8. The second kappa shape index (κ2) is 4.83. The van der Waals surface area contributed by atoms with E-state index in [1.54, 1.807) is 12.1 Å². The maximum Gasteiger partial charge on any atom is 0.314 e. The topological polar surface area (TPSA) is 61.6 Å². The molecule has 1 aliphatic rings. The van der Waals surface area contributed by atoms with E-state index in [9.17, 15) is 10.1 Å².